The molecule has 2 aromatic rings. The van der Waals surface area contributed by atoms with Gasteiger partial charge in [0.15, 0.2) is 11.5 Å². The molecule has 1 aromatic carbocycles. The van der Waals surface area contributed by atoms with E-state index in [-0.39, 0.29) is 49.2 Å². The van der Waals surface area contributed by atoms with Crippen molar-refractivity contribution >= 4 is 11.7 Å². The van der Waals surface area contributed by atoms with Crippen LogP contribution in [-0.4, -0.2) is 40.7 Å². The molecule has 0 atom stereocenters. The van der Waals surface area contributed by atoms with E-state index in [1.807, 2.05) is 0 Å². The largest absolute Gasteiger partial charge is 0.481 e. The first-order valence-electron chi connectivity index (χ1n) is 10.1. The Kier molecular flexibility index (Phi) is 7.15. The molecule has 11 heteroatoms. The number of piperidine rings is 1. The average molecular weight is 459 g/mol. The molecule has 0 unspecified atom stereocenters. The number of aliphatic carboxylic acids is 1. The minimum atomic E-state index is -4.79. The van der Waals surface area contributed by atoms with Crippen LogP contribution in [0.4, 0.5) is 27.6 Å². The Morgan fingerprint density at radius 1 is 1.16 bits per heavy atom. The summed E-state index contributed by atoms with van der Waals surface area (Å²) in [6.07, 6.45) is -3.35. The van der Waals surface area contributed by atoms with Gasteiger partial charge in [-0.1, -0.05) is 6.92 Å². The van der Waals surface area contributed by atoms with E-state index in [1.165, 1.54) is 4.90 Å². The van der Waals surface area contributed by atoms with Gasteiger partial charge in [0.2, 0.25) is 5.88 Å². The number of rotatable bonds is 7. The highest BCUT2D eigenvalue weighted by molar-refractivity contribution is 5.67. The molecule has 0 bridgehead atoms. The maximum absolute atomic E-state index is 14.8. The number of ether oxygens (including phenoxy) is 1. The minimum absolute atomic E-state index is 0.00688. The van der Waals surface area contributed by atoms with Crippen LogP contribution in [0.2, 0.25) is 0 Å². The summed E-state index contributed by atoms with van der Waals surface area (Å²) in [5, 5.41) is 8.89. The molecule has 6 nitrogen and oxygen atoms in total. The lowest BCUT2D eigenvalue weighted by atomic mass is 9.93. The predicted octanol–water partition coefficient (Wildman–Crippen LogP) is 4.92. The maximum atomic E-state index is 14.8. The molecule has 0 spiro atoms. The predicted molar refractivity (Wildman–Crippen MR) is 105 cm³/mol. The normalized spacial score (nSPS) is 15.1. The van der Waals surface area contributed by atoms with Crippen LogP contribution in [-0.2, 0) is 11.0 Å². The van der Waals surface area contributed by atoms with Gasteiger partial charge in [-0.3, -0.25) is 4.79 Å². The Bertz CT molecular complexity index is 953. The molecule has 32 heavy (non-hydrogen) atoms. The van der Waals surface area contributed by atoms with E-state index in [4.69, 9.17) is 9.84 Å². The first kappa shape index (κ1) is 23.7. The molecule has 1 aromatic heterocycles. The van der Waals surface area contributed by atoms with E-state index in [2.05, 4.69) is 9.97 Å². The van der Waals surface area contributed by atoms with E-state index in [9.17, 15) is 26.7 Å². The molecule has 1 fully saturated rings. The summed E-state index contributed by atoms with van der Waals surface area (Å²) < 4.78 is 74.5. The molecule has 1 N–H and O–H groups in total. The molecule has 1 aliphatic heterocycles. The zero-order chi connectivity index (χ0) is 23.5. The lowest BCUT2D eigenvalue weighted by molar-refractivity contribution is -0.141. The van der Waals surface area contributed by atoms with Crippen LogP contribution < -0.4 is 9.64 Å². The number of carboxylic acids is 1. The van der Waals surface area contributed by atoms with Gasteiger partial charge in [-0.2, -0.15) is 18.2 Å². The highest BCUT2D eigenvalue weighted by Crippen LogP contribution is 2.35. The Balaban J connectivity index is 1.90. The van der Waals surface area contributed by atoms with Crippen molar-refractivity contribution in [3.8, 4) is 17.3 Å². The minimum Gasteiger partial charge on any atom is -0.481 e. The molecule has 0 radical (unpaired) electrons. The van der Waals surface area contributed by atoms with E-state index >= 15 is 0 Å². The monoisotopic (exact) mass is 459 g/mol. The second-order valence-corrected chi connectivity index (χ2v) is 7.58. The maximum Gasteiger partial charge on any atom is 0.433 e. The topological polar surface area (TPSA) is 75.5 Å². The zero-order valence-electron chi connectivity index (χ0n) is 17.3. The Labute approximate surface area is 181 Å². The smallest absolute Gasteiger partial charge is 0.433 e. The van der Waals surface area contributed by atoms with Gasteiger partial charge in [0.25, 0.3) is 0 Å². The number of hydrogen-bond donors (Lipinski definition) is 1. The molecule has 174 valence electrons. The zero-order valence-corrected chi connectivity index (χ0v) is 17.3. The standard InChI is InChI=1S/C21H22F5N3O3/c1-2-7-32-17-11-16(21(24,25)26)27-20(28-17)13-9-14(22)19(15(23)10-13)29-5-3-12(4-6-29)8-18(30)31/h9-12H,2-8H2,1H3,(H,30,31). The number of anilines is 1. The van der Waals surface area contributed by atoms with Crippen molar-refractivity contribution in [1.29, 1.82) is 0 Å². The average Bonchev–Trinajstić information content (AvgIpc) is 2.71. The summed E-state index contributed by atoms with van der Waals surface area (Å²) in [6, 6.07) is 2.42. The fourth-order valence-corrected chi connectivity index (χ4v) is 3.58. The lowest BCUT2D eigenvalue weighted by Gasteiger charge is -2.33. The summed E-state index contributed by atoms with van der Waals surface area (Å²) in [7, 11) is 0. The summed E-state index contributed by atoms with van der Waals surface area (Å²) in [5.74, 6) is -3.77. The second kappa shape index (κ2) is 9.66. The van der Waals surface area contributed by atoms with E-state index in [0.29, 0.717) is 25.3 Å². The van der Waals surface area contributed by atoms with E-state index in [1.54, 1.807) is 6.92 Å². The number of carboxylic acid groups (broad SMARTS) is 1. The van der Waals surface area contributed by atoms with Crippen molar-refractivity contribution in [2.75, 3.05) is 24.6 Å². The van der Waals surface area contributed by atoms with Crippen molar-refractivity contribution in [2.45, 2.75) is 38.8 Å². The SMILES string of the molecule is CCCOc1cc(C(F)(F)F)nc(-c2cc(F)c(N3CCC(CC(=O)O)CC3)c(F)c2)n1. The van der Waals surface area contributed by atoms with Crippen LogP contribution >= 0.6 is 0 Å². The number of aromatic nitrogens is 2. The van der Waals surface area contributed by atoms with Crippen LogP contribution in [0.15, 0.2) is 18.2 Å². The van der Waals surface area contributed by atoms with E-state index in [0.717, 1.165) is 12.1 Å². The summed E-state index contributed by atoms with van der Waals surface area (Å²) >= 11 is 0. The fourth-order valence-electron chi connectivity index (χ4n) is 3.58. The first-order chi connectivity index (χ1) is 15.1. The van der Waals surface area contributed by atoms with Crippen LogP contribution in [0.5, 0.6) is 5.88 Å². The van der Waals surface area contributed by atoms with Crippen LogP contribution in [0, 0.1) is 17.6 Å². The fraction of sp³-hybridized carbons (Fsp3) is 0.476. The number of halogens is 5. The molecular weight excluding hydrogens is 437 g/mol. The molecule has 0 amide bonds. The molecule has 2 heterocycles. The second-order valence-electron chi connectivity index (χ2n) is 7.58. The van der Waals surface area contributed by atoms with Gasteiger partial charge in [-0.05, 0) is 37.3 Å². The highest BCUT2D eigenvalue weighted by atomic mass is 19.4. The molecular formula is C21H22F5N3O3. The summed E-state index contributed by atoms with van der Waals surface area (Å²) in [6.45, 7) is 2.41. The number of hydrogen-bond acceptors (Lipinski definition) is 5. The third-order valence-electron chi connectivity index (χ3n) is 5.12. The molecule has 1 saturated heterocycles. The van der Waals surface area contributed by atoms with Gasteiger partial charge in [0, 0.05) is 31.1 Å². The van der Waals surface area contributed by atoms with Gasteiger partial charge < -0.3 is 14.7 Å². The van der Waals surface area contributed by atoms with Crippen LogP contribution in [0.1, 0.15) is 38.3 Å². The molecule has 0 saturated carbocycles. The number of nitrogens with zero attached hydrogens (tertiary/aromatic N) is 3. The number of alkyl halides is 3. The Hall–Kier alpha value is -2.98. The van der Waals surface area contributed by atoms with Crippen molar-refractivity contribution in [3.05, 3.63) is 35.5 Å². The van der Waals surface area contributed by atoms with Gasteiger partial charge in [-0.25, -0.2) is 13.8 Å². The third-order valence-corrected chi connectivity index (χ3v) is 5.12. The quantitative estimate of drug-likeness (QED) is 0.593. The summed E-state index contributed by atoms with van der Waals surface area (Å²) in [4.78, 5) is 19.6. The highest BCUT2D eigenvalue weighted by Gasteiger charge is 2.34. The van der Waals surface area contributed by atoms with Gasteiger partial charge in [-0.15, -0.1) is 0 Å². The van der Waals surface area contributed by atoms with Crippen molar-refractivity contribution in [2.24, 2.45) is 5.92 Å². The Morgan fingerprint density at radius 3 is 2.31 bits per heavy atom. The third kappa shape index (κ3) is 5.63. The molecule has 3 rings (SSSR count). The van der Waals surface area contributed by atoms with Crippen LogP contribution in [0.25, 0.3) is 11.4 Å². The van der Waals surface area contributed by atoms with Gasteiger partial charge >= 0.3 is 12.1 Å². The molecule has 1 aliphatic rings. The van der Waals surface area contributed by atoms with Gasteiger partial charge in [0.1, 0.15) is 17.3 Å². The van der Waals surface area contributed by atoms with Crippen LogP contribution in [0.3, 0.4) is 0 Å². The van der Waals surface area contributed by atoms with Crippen molar-refractivity contribution in [1.82, 2.24) is 9.97 Å². The summed E-state index contributed by atoms with van der Waals surface area (Å²) in [5.41, 5.74) is -1.84. The number of benzene rings is 1. The first-order valence-corrected chi connectivity index (χ1v) is 10.1. The number of carbonyl (C=O) groups is 1. The van der Waals surface area contributed by atoms with Gasteiger partial charge in [0.05, 0.1) is 6.61 Å². The van der Waals surface area contributed by atoms with Crippen molar-refractivity contribution in [3.63, 3.8) is 0 Å². The van der Waals surface area contributed by atoms with Crippen molar-refractivity contribution < 1.29 is 36.6 Å². The molecule has 0 aliphatic carbocycles. The Morgan fingerprint density at radius 2 is 1.78 bits per heavy atom. The van der Waals surface area contributed by atoms with E-state index < -0.39 is 35.3 Å². The lowest BCUT2D eigenvalue weighted by Crippen LogP contribution is -2.35.